The Morgan fingerprint density at radius 3 is 2.82 bits per heavy atom. The molecular formula is C14H14N2O. The molecule has 1 aliphatic heterocycles. The predicted octanol–water partition coefficient (Wildman–Crippen LogP) is 2.67. The predicted molar refractivity (Wildman–Crippen MR) is 66.6 cm³/mol. The van der Waals surface area contributed by atoms with Crippen molar-refractivity contribution in [1.82, 2.24) is 9.78 Å². The summed E-state index contributed by atoms with van der Waals surface area (Å²) >= 11 is 0. The molecule has 0 amide bonds. The summed E-state index contributed by atoms with van der Waals surface area (Å²) in [6, 6.07) is 10.1. The monoisotopic (exact) mass is 226 g/mol. The third-order valence-corrected chi connectivity index (χ3v) is 2.94. The van der Waals surface area contributed by atoms with Crippen molar-refractivity contribution in [3.05, 3.63) is 53.7 Å². The number of aryl methyl sites for hydroxylation is 1. The van der Waals surface area contributed by atoms with Gasteiger partial charge < -0.3 is 4.74 Å². The Morgan fingerprint density at radius 2 is 2.00 bits per heavy atom. The third-order valence-electron chi connectivity index (χ3n) is 2.94. The van der Waals surface area contributed by atoms with Crippen LogP contribution in [0.25, 0.3) is 5.69 Å². The van der Waals surface area contributed by atoms with Gasteiger partial charge in [-0.2, -0.15) is 5.10 Å². The number of benzene rings is 1. The van der Waals surface area contributed by atoms with Crippen LogP contribution in [0.2, 0.25) is 0 Å². The molecule has 3 heteroatoms. The molecule has 0 saturated heterocycles. The van der Waals surface area contributed by atoms with Crippen molar-refractivity contribution in [3.8, 4) is 11.6 Å². The summed E-state index contributed by atoms with van der Waals surface area (Å²) in [7, 11) is 0. The Labute approximate surface area is 100 Å². The third kappa shape index (κ3) is 1.73. The van der Waals surface area contributed by atoms with Gasteiger partial charge >= 0.3 is 0 Å². The molecule has 0 N–H and O–H groups in total. The van der Waals surface area contributed by atoms with Gasteiger partial charge in [0.05, 0.1) is 11.4 Å². The first-order chi connectivity index (χ1) is 8.36. The molecule has 3 nitrogen and oxygen atoms in total. The molecule has 17 heavy (non-hydrogen) atoms. The first-order valence-corrected chi connectivity index (χ1v) is 5.78. The van der Waals surface area contributed by atoms with E-state index in [0.29, 0.717) is 6.61 Å². The molecule has 3 rings (SSSR count). The molecule has 86 valence electrons. The van der Waals surface area contributed by atoms with Gasteiger partial charge in [-0.3, -0.25) is 0 Å². The minimum Gasteiger partial charge on any atom is -0.473 e. The summed E-state index contributed by atoms with van der Waals surface area (Å²) in [5, 5.41) is 4.56. The van der Waals surface area contributed by atoms with E-state index in [-0.39, 0.29) is 0 Å². The van der Waals surface area contributed by atoms with E-state index in [9.17, 15) is 0 Å². The van der Waals surface area contributed by atoms with Gasteiger partial charge in [-0.05, 0) is 25.5 Å². The maximum atomic E-state index is 5.77. The molecule has 1 aliphatic rings. The van der Waals surface area contributed by atoms with Gasteiger partial charge in [-0.15, -0.1) is 0 Å². The van der Waals surface area contributed by atoms with Crippen LogP contribution in [0, 0.1) is 6.92 Å². The zero-order chi connectivity index (χ0) is 11.7. The summed E-state index contributed by atoms with van der Waals surface area (Å²) in [6.07, 6.45) is 5.08. The minimum atomic E-state index is 0.616. The number of aromatic nitrogens is 2. The molecular weight excluding hydrogens is 212 g/mol. The molecule has 0 saturated carbocycles. The zero-order valence-corrected chi connectivity index (χ0v) is 9.76. The van der Waals surface area contributed by atoms with Crippen molar-refractivity contribution in [2.45, 2.75) is 13.3 Å². The van der Waals surface area contributed by atoms with Crippen LogP contribution < -0.4 is 4.74 Å². The van der Waals surface area contributed by atoms with Crippen LogP contribution in [0.15, 0.2) is 42.5 Å². The van der Waals surface area contributed by atoms with Crippen LogP contribution in [0.4, 0.5) is 0 Å². The first-order valence-electron chi connectivity index (χ1n) is 5.78. The number of ether oxygens (including phenoxy) is 1. The Bertz CT molecular complexity index is 555. The maximum absolute atomic E-state index is 5.77. The minimum absolute atomic E-state index is 0.616. The second kappa shape index (κ2) is 4.09. The lowest BCUT2D eigenvalue weighted by atomic mass is 10.2. The first kappa shape index (κ1) is 10.1. The topological polar surface area (TPSA) is 27.1 Å². The van der Waals surface area contributed by atoms with E-state index < -0.39 is 0 Å². The average Bonchev–Trinajstić information content (AvgIpc) is 2.57. The fourth-order valence-electron chi connectivity index (χ4n) is 2.06. The molecule has 0 atom stereocenters. The SMILES string of the molecule is Cc1nn(-c2ccccc2)c2c1CC=CCO2. The molecule has 0 bridgehead atoms. The van der Waals surface area contributed by atoms with Gasteiger partial charge in [-0.1, -0.05) is 30.4 Å². The van der Waals surface area contributed by atoms with E-state index in [1.54, 1.807) is 0 Å². The number of hydrogen-bond donors (Lipinski definition) is 0. The summed E-state index contributed by atoms with van der Waals surface area (Å²) < 4.78 is 7.66. The summed E-state index contributed by atoms with van der Waals surface area (Å²) in [5.41, 5.74) is 3.26. The number of rotatable bonds is 1. The summed E-state index contributed by atoms with van der Waals surface area (Å²) in [6.45, 7) is 2.64. The molecule has 1 aromatic heterocycles. The molecule has 0 spiro atoms. The van der Waals surface area contributed by atoms with Crippen LogP contribution in [-0.4, -0.2) is 16.4 Å². The summed E-state index contributed by atoms with van der Waals surface area (Å²) in [5.74, 6) is 0.874. The molecule has 0 radical (unpaired) electrons. The Morgan fingerprint density at radius 1 is 1.18 bits per heavy atom. The zero-order valence-electron chi connectivity index (χ0n) is 9.76. The smallest absolute Gasteiger partial charge is 0.220 e. The average molecular weight is 226 g/mol. The lowest BCUT2D eigenvalue weighted by molar-refractivity contribution is 0.337. The van der Waals surface area contributed by atoms with Crippen molar-refractivity contribution in [3.63, 3.8) is 0 Å². The van der Waals surface area contributed by atoms with Gasteiger partial charge in [0.25, 0.3) is 0 Å². The summed E-state index contributed by atoms with van der Waals surface area (Å²) in [4.78, 5) is 0. The van der Waals surface area contributed by atoms with Crippen molar-refractivity contribution in [2.24, 2.45) is 0 Å². The second-order valence-corrected chi connectivity index (χ2v) is 4.10. The Hall–Kier alpha value is -2.03. The lowest BCUT2D eigenvalue weighted by Crippen LogP contribution is -2.02. The van der Waals surface area contributed by atoms with Crippen molar-refractivity contribution >= 4 is 0 Å². The van der Waals surface area contributed by atoms with Gasteiger partial charge in [0.2, 0.25) is 5.88 Å². The number of para-hydroxylation sites is 1. The highest BCUT2D eigenvalue weighted by Crippen LogP contribution is 2.27. The van der Waals surface area contributed by atoms with Crippen LogP contribution in [-0.2, 0) is 6.42 Å². The highest BCUT2D eigenvalue weighted by atomic mass is 16.5. The standard InChI is InChI=1S/C14H14N2O/c1-11-13-9-5-6-10-17-14(13)16(15-11)12-7-3-2-4-8-12/h2-8H,9-10H2,1H3. The largest absolute Gasteiger partial charge is 0.473 e. The Kier molecular flexibility index (Phi) is 2.44. The molecule has 0 aliphatic carbocycles. The highest BCUT2D eigenvalue weighted by Gasteiger charge is 2.17. The van der Waals surface area contributed by atoms with Crippen molar-refractivity contribution < 1.29 is 4.74 Å². The quantitative estimate of drug-likeness (QED) is 0.699. The number of nitrogens with zero attached hydrogens (tertiary/aromatic N) is 2. The van der Waals surface area contributed by atoms with Gasteiger partial charge in [-0.25, -0.2) is 4.68 Å². The molecule has 2 heterocycles. The van der Waals surface area contributed by atoms with E-state index in [1.165, 1.54) is 5.56 Å². The lowest BCUT2D eigenvalue weighted by Gasteiger charge is -2.07. The van der Waals surface area contributed by atoms with Gasteiger partial charge in [0.15, 0.2) is 0 Å². The number of allylic oxidation sites excluding steroid dienone is 1. The number of hydrogen-bond acceptors (Lipinski definition) is 2. The molecule has 0 fully saturated rings. The van der Waals surface area contributed by atoms with E-state index >= 15 is 0 Å². The van der Waals surface area contributed by atoms with Gasteiger partial charge in [0.1, 0.15) is 6.61 Å². The van der Waals surface area contributed by atoms with Gasteiger partial charge in [0, 0.05) is 5.56 Å². The van der Waals surface area contributed by atoms with E-state index in [4.69, 9.17) is 4.74 Å². The second-order valence-electron chi connectivity index (χ2n) is 4.10. The van der Waals surface area contributed by atoms with Crippen LogP contribution >= 0.6 is 0 Å². The Balaban J connectivity index is 2.14. The normalized spacial score (nSPS) is 13.9. The fraction of sp³-hybridized carbons (Fsp3) is 0.214. The maximum Gasteiger partial charge on any atom is 0.220 e. The molecule has 1 aromatic carbocycles. The molecule has 0 unspecified atom stereocenters. The molecule has 2 aromatic rings. The van der Waals surface area contributed by atoms with Crippen molar-refractivity contribution in [1.29, 1.82) is 0 Å². The van der Waals surface area contributed by atoms with E-state index in [2.05, 4.69) is 17.3 Å². The number of fused-ring (bicyclic) bond motifs is 1. The van der Waals surface area contributed by atoms with Crippen LogP contribution in [0.1, 0.15) is 11.3 Å². The van der Waals surface area contributed by atoms with Crippen molar-refractivity contribution in [2.75, 3.05) is 6.61 Å². The van der Waals surface area contributed by atoms with Crippen LogP contribution in [0.3, 0.4) is 0 Å². The highest BCUT2D eigenvalue weighted by molar-refractivity contribution is 5.42. The fourth-order valence-corrected chi connectivity index (χ4v) is 2.06. The van der Waals surface area contributed by atoms with E-state index in [0.717, 1.165) is 23.7 Å². The van der Waals surface area contributed by atoms with E-state index in [1.807, 2.05) is 41.9 Å². The van der Waals surface area contributed by atoms with Crippen LogP contribution in [0.5, 0.6) is 5.88 Å².